The molecule has 0 saturated carbocycles. The van der Waals surface area contributed by atoms with E-state index in [1.807, 2.05) is 79.7 Å². The van der Waals surface area contributed by atoms with Gasteiger partial charge in [0, 0.05) is 17.1 Å². The summed E-state index contributed by atoms with van der Waals surface area (Å²) in [6, 6.07) is 22.5. The lowest BCUT2D eigenvalue weighted by Gasteiger charge is -2.21. The van der Waals surface area contributed by atoms with Gasteiger partial charge in [0.2, 0.25) is 0 Å². The average Bonchev–Trinajstić information content (AvgIpc) is 2.82. The lowest BCUT2D eigenvalue weighted by Crippen LogP contribution is -2.31. The van der Waals surface area contributed by atoms with E-state index in [1.165, 1.54) is 7.11 Å². The van der Waals surface area contributed by atoms with E-state index in [-0.39, 0.29) is 5.91 Å². The Kier molecular flexibility index (Phi) is 5.76. The summed E-state index contributed by atoms with van der Waals surface area (Å²) >= 11 is 0. The van der Waals surface area contributed by atoms with Crippen molar-refractivity contribution in [3.05, 3.63) is 108 Å². The molecule has 154 valence electrons. The second kappa shape index (κ2) is 8.79. The molecule has 5 heteroatoms. The highest BCUT2D eigenvalue weighted by Gasteiger charge is 2.24. The van der Waals surface area contributed by atoms with Gasteiger partial charge in [-0.2, -0.15) is 0 Å². The van der Waals surface area contributed by atoms with Crippen molar-refractivity contribution in [2.75, 3.05) is 7.11 Å². The summed E-state index contributed by atoms with van der Waals surface area (Å²) in [6.45, 7) is 5.89. The third kappa shape index (κ3) is 4.03. The van der Waals surface area contributed by atoms with E-state index in [0.717, 1.165) is 27.7 Å². The molecule has 0 bridgehead atoms. The first-order chi connectivity index (χ1) is 15.1. The van der Waals surface area contributed by atoms with Crippen LogP contribution in [0.2, 0.25) is 0 Å². The zero-order valence-corrected chi connectivity index (χ0v) is 17.5. The number of aromatic nitrogens is 2. The number of amides is 1. The molecule has 0 fully saturated rings. The molecule has 0 saturated heterocycles. The molecular formula is C26H23N3O2. The number of ether oxygens (including phenoxy) is 1. The fourth-order valence-electron chi connectivity index (χ4n) is 3.66. The van der Waals surface area contributed by atoms with Gasteiger partial charge in [0.1, 0.15) is 11.8 Å². The fraction of sp³-hybridized carbons (Fsp3) is 0.115. The molecule has 5 nitrogen and oxygen atoms in total. The number of hydrogen-bond acceptors (Lipinski definition) is 4. The van der Waals surface area contributed by atoms with Crippen molar-refractivity contribution in [1.82, 2.24) is 15.3 Å². The molecule has 1 unspecified atom stereocenters. The first-order valence-electron chi connectivity index (χ1n) is 9.99. The molecule has 0 aliphatic carbocycles. The Morgan fingerprint density at radius 3 is 2.42 bits per heavy atom. The van der Waals surface area contributed by atoms with E-state index in [2.05, 4.69) is 16.9 Å². The summed E-state index contributed by atoms with van der Waals surface area (Å²) in [5, 5.41) is 3.85. The average molecular weight is 409 g/mol. The van der Waals surface area contributed by atoms with Gasteiger partial charge in [-0.3, -0.25) is 9.78 Å². The summed E-state index contributed by atoms with van der Waals surface area (Å²) in [6.07, 6.45) is 1.68. The van der Waals surface area contributed by atoms with E-state index in [9.17, 15) is 4.79 Å². The van der Waals surface area contributed by atoms with Crippen molar-refractivity contribution >= 4 is 16.8 Å². The van der Waals surface area contributed by atoms with E-state index in [4.69, 9.17) is 9.72 Å². The minimum absolute atomic E-state index is 0.234. The maximum absolute atomic E-state index is 13.6. The van der Waals surface area contributed by atoms with Gasteiger partial charge in [0.05, 0.1) is 29.6 Å². The molecule has 1 N–H and O–H groups in total. The highest BCUT2D eigenvalue weighted by Crippen LogP contribution is 2.30. The number of fused-ring (bicyclic) bond motifs is 1. The highest BCUT2D eigenvalue weighted by atomic mass is 16.5. The first kappa shape index (κ1) is 20.3. The van der Waals surface area contributed by atoms with Gasteiger partial charge in [-0.05, 0) is 30.7 Å². The molecule has 1 atom stereocenters. The van der Waals surface area contributed by atoms with Gasteiger partial charge >= 0.3 is 0 Å². The lowest BCUT2D eigenvalue weighted by molar-refractivity contribution is 0.0929. The molecule has 4 rings (SSSR count). The minimum Gasteiger partial charge on any atom is -0.499 e. The van der Waals surface area contributed by atoms with E-state index in [1.54, 1.807) is 6.20 Å². The number of pyridine rings is 2. The van der Waals surface area contributed by atoms with Crippen LogP contribution in [0.4, 0.5) is 0 Å². The van der Waals surface area contributed by atoms with Crippen LogP contribution in [0.1, 0.15) is 27.7 Å². The molecule has 1 amide bonds. The third-order valence-corrected chi connectivity index (χ3v) is 5.25. The summed E-state index contributed by atoms with van der Waals surface area (Å²) < 4.78 is 5.35. The Hall–Kier alpha value is -3.99. The van der Waals surface area contributed by atoms with Crippen LogP contribution in [0, 0.1) is 6.92 Å². The number of carbonyl (C=O) groups excluding carboxylic acids is 1. The lowest BCUT2D eigenvalue weighted by atomic mass is 9.96. The maximum Gasteiger partial charge on any atom is 0.253 e. The number of para-hydroxylation sites is 1. The second-order valence-electron chi connectivity index (χ2n) is 7.18. The number of rotatable bonds is 6. The first-order valence-corrected chi connectivity index (χ1v) is 9.99. The topological polar surface area (TPSA) is 64.1 Å². The summed E-state index contributed by atoms with van der Waals surface area (Å²) in [5.41, 5.74) is 4.55. The fourth-order valence-corrected chi connectivity index (χ4v) is 3.66. The number of carbonyl (C=O) groups is 1. The second-order valence-corrected chi connectivity index (χ2v) is 7.18. The smallest absolute Gasteiger partial charge is 0.253 e. The predicted octanol–water partition coefficient (Wildman–Crippen LogP) is 5.24. The largest absolute Gasteiger partial charge is 0.499 e. The zero-order chi connectivity index (χ0) is 21.8. The maximum atomic E-state index is 13.6. The minimum atomic E-state index is -0.579. The van der Waals surface area contributed by atoms with Gasteiger partial charge in [-0.1, -0.05) is 61.2 Å². The molecule has 4 aromatic rings. The van der Waals surface area contributed by atoms with Gasteiger partial charge in [-0.25, -0.2) is 4.98 Å². The normalized spacial score (nSPS) is 11.7. The third-order valence-electron chi connectivity index (χ3n) is 5.25. The number of hydrogen-bond donors (Lipinski definition) is 1. The van der Waals surface area contributed by atoms with Crippen LogP contribution in [0.25, 0.3) is 22.2 Å². The number of benzene rings is 2. The van der Waals surface area contributed by atoms with Crippen LogP contribution >= 0.6 is 0 Å². The molecule has 0 aliphatic heterocycles. The van der Waals surface area contributed by atoms with Crippen LogP contribution in [0.15, 0.2) is 91.3 Å². The molecule has 0 spiro atoms. The van der Waals surface area contributed by atoms with Crippen molar-refractivity contribution < 1.29 is 9.53 Å². The molecule has 2 aromatic carbocycles. The Balaban J connectivity index is 1.83. The molecular weight excluding hydrogens is 386 g/mol. The van der Waals surface area contributed by atoms with Crippen LogP contribution in [0.3, 0.4) is 0 Å². The Labute approximate surface area is 181 Å². The molecule has 2 aromatic heterocycles. The van der Waals surface area contributed by atoms with E-state index < -0.39 is 6.04 Å². The number of methoxy groups -OCH3 is 1. The SMILES string of the molecule is C=C(OC)C(NC(=O)c1c(C)c(-c2ccccc2)nc2ccccc12)c1ccccn1. The van der Waals surface area contributed by atoms with Gasteiger partial charge in [-0.15, -0.1) is 0 Å². The molecule has 0 aliphatic rings. The Morgan fingerprint density at radius 2 is 1.71 bits per heavy atom. The van der Waals surface area contributed by atoms with Gasteiger partial charge in [0.15, 0.2) is 0 Å². The summed E-state index contributed by atoms with van der Waals surface area (Å²) in [4.78, 5) is 22.8. The number of nitrogens with one attached hydrogen (secondary N) is 1. The van der Waals surface area contributed by atoms with Crippen molar-refractivity contribution in [2.24, 2.45) is 0 Å². The van der Waals surface area contributed by atoms with E-state index in [0.29, 0.717) is 17.0 Å². The van der Waals surface area contributed by atoms with E-state index >= 15 is 0 Å². The Bertz CT molecular complexity index is 1240. The summed E-state index contributed by atoms with van der Waals surface area (Å²) in [7, 11) is 1.53. The quantitative estimate of drug-likeness (QED) is 0.443. The van der Waals surface area contributed by atoms with Crippen LogP contribution < -0.4 is 5.32 Å². The van der Waals surface area contributed by atoms with Crippen molar-refractivity contribution in [3.63, 3.8) is 0 Å². The van der Waals surface area contributed by atoms with Gasteiger partial charge in [0.25, 0.3) is 5.91 Å². The zero-order valence-electron chi connectivity index (χ0n) is 17.5. The highest BCUT2D eigenvalue weighted by molar-refractivity contribution is 6.09. The van der Waals surface area contributed by atoms with Crippen molar-refractivity contribution in [3.8, 4) is 11.3 Å². The van der Waals surface area contributed by atoms with Crippen molar-refractivity contribution in [2.45, 2.75) is 13.0 Å². The van der Waals surface area contributed by atoms with Crippen LogP contribution in [-0.4, -0.2) is 23.0 Å². The van der Waals surface area contributed by atoms with Gasteiger partial charge < -0.3 is 10.1 Å². The molecule has 31 heavy (non-hydrogen) atoms. The monoisotopic (exact) mass is 409 g/mol. The number of nitrogens with zero attached hydrogens (tertiary/aromatic N) is 2. The van der Waals surface area contributed by atoms with Crippen LogP contribution in [-0.2, 0) is 4.74 Å². The predicted molar refractivity (Wildman–Crippen MR) is 123 cm³/mol. The molecule has 2 heterocycles. The van der Waals surface area contributed by atoms with Crippen LogP contribution in [0.5, 0.6) is 0 Å². The van der Waals surface area contributed by atoms with Crippen molar-refractivity contribution in [1.29, 1.82) is 0 Å². The Morgan fingerprint density at radius 1 is 1.00 bits per heavy atom. The molecule has 0 radical (unpaired) electrons. The standard InChI is InChI=1S/C26H23N3O2/c1-17-23(26(30)29-25(18(2)31-3)22-15-9-10-16-27-22)20-13-7-8-14-21(20)28-24(17)19-11-5-4-6-12-19/h4-16,25H,2H2,1,3H3,(H,29,30). The summed E-state index contributed by atoms with van der Waals surface area (Å²) in [5.74, 6) is 0.175.